The first-order valence-corrected chi connectivity index (χ1v) is 13.5. The van der Waals surface area contributed by atoms with Gasteiger partial charge in [0.15, 0.2) is 23.0 Å². The summed E-state index contributed by atoms with van der Waals surface area (Å²) in [6, 6.07) is 28.4. The van der Waals surface area contributed by atoms with E-state index in [2.05, 4.69) is 40.6 Å². The molecule has 0 atom stereocenters. The molecule has 5 aromatic carbocycles. The van der Waals surface area contributed by atoms with Crippen LogP contribution in [0.3, 0.4) is 0 Å². The number of fused-ring (bicyclic) bond motifs is 3. The molecule has 8 nitrogen and oxygen atoms in total. The summed E-state index contributed by atoms with van der Waals surface area (Å²) in [5.41, 5.74) is 4.08. The highest BCUT2D eigenvalue weighted by molar-refractivity contribution is 6.11. The Labute approximate surface area is 244 Å². The number of hydrogen-bond acceptors (Lipinski definition) is 7. The topological polar surface area (TPSA) is 76.9 Å². The highest BCUT2D eigenvalue weighted by Crippen LogP contribution is 2.41. The van der Waals surface area contributed by atoms with E-state index in [-0.39, 0.29) is 0 Å². The van der Waals surface area contributed by atoms with Crippen LogP contribution in [0.5, 0.6) is 28.7 Å². The molecule has 0 radical (unpaired) electrons. The van der Waals surface area contributed by atoms with Crippen LogP contribution >= 0.6 is 0 Å². The van der Waals surface area contributed by atoms with Crippen LogP contribution in [0.15, 0.2) is 91.1 Å². The van der Waals surface area contributed by atoms with E-state index >= 15 is 0 Å². The van der Waals surface area contributed by atoms with Gasteiger partial charge in [0.05, 0.1) is 41.2 Å². The van der Waals surface area contributed by atoms with Gasteiger partial charge in [0.1, 0.15) is 18.1 Å². The van der Waals surface area contributed by atoms with Crippen LogP contribution in [-0.2, 0) is 13.2 Å². The third-order valence-corrected chi connectivity index (χ3v) is 7.31. The maximum atomic E-state index is 6.01. The lowest BCUT2D eigenvalue weighted by molar-refractivity contribution is 0.301. The fraction of sp³-hybridized carbons (Fsp3) is 0.176. The van der Waals surface area contributed by atoms with Crippen molar-refractivity contribution in [3.63, 3.8) is 0 Å². The van der Waals surface area contributed by atoms with Crippen molar-refractivity contribution in [2.45, 2.75) is 13.2 Å². The summed E-state index contributed by atoms with van der Waals surface area (Å²) in [6.07, 6.45) is 1.91. The van der Waals surface area contributed by atoms with E-state index in [9.17, 15) is 0 Å². The van der Waals surface area contributed by atoms with Gasteiger partial charge >= 0.3 is 0 Å². The molecule has 6 rings (SSSR count). The number of ether oxygens (including phenoxy) is 5. The third kappa shape index (κ3) is 5.26. The molecular weight excluding hydrogens is 530 g/mol. The van der Waals surface area contributed by atoms with Crippen LogP contribution in [0.25, 0.3) is 32.7 Å². The lowest BCUT2D eigenvalue weighted by Gasteiger charge is -2.16. The lowest BCUT2D eigenvalue weighted by atomic mass is 9.96. The Balaban J connectivity index is 1.28. The van der Waals surface area contributed by atoms with Crippen molar-refractivity contribution in [1.29, 1.82) is 0 Å². The van der Waals surface area contributed by atoms with Crippen molar-refractivity contribution in [3.8, 4) is 39.9 Å². The Hall–Kier alpha value is -5.24. The molecule has 0 saturated heterocycles. The second-order valence-electron chi connectivity index (χ2n) is 9.80. The summed E-state index contributed by atoms with van der Waals surface area (Å²) in [7, 11) is 6.54. The van der Waals surface area contributed by atoms with Gasteiger partial charge in [-0.2, -0.15) is 0 Å². The maximum absolute atomic E-state index is 6.01. The van der Waals surface area contributed by atoms with E-state index in [1.54, 1.807) is 28.4 Å². The van der Waals surface area contributed by atoms with Gasteiger partial charge in [-0.05, 0) is 80.7 Å². The molecule has 6 aromatic rings. The van der Waals surface area contributed by atoms with E-state index in [4.69, 9.17) is 23.7 Å². The minimum atomic E-state index is 0.311. The molecule has 1 heterocycles. The maximum Gasteiger partial charge on any atom is 0.161 e. The molecule has 0 aliphatic rings. The van der Waals surface area contributed by atoms with Gasteiger partial charge in [-0.1, -0.05) is 47.7 Å². The van der Waals surface area contributed by atoms with E-state index in [0.717, 1.165) is 44.1 Å². The average Bonchev–Trinajstić information content (AvgIpc) is 3.50. The number of benzene rings is 5. The van der Waals surface area contributed by atoms with E-state index in [1.165, 1.54) is 5.56 Å². The number of aromatic nitrogens is 3. The Morgan fingerprint density at radius 3 is 1.88 bits per heavy atom. The van der Waals surface area contributed by atoms with Crippen LogP contribution in [0.1, 0.15) is 11.3 Å². The Morgan fingerprint density at radius 1 is 0.619 bits per heavy atom. The summed E-state index contributed by atoms with van der Waals surface area (Å²) in [6.45, 7) is 0.806. The molecule has 42 heavy (non-hydrogen) atoms. The zero-order chi connectivity index (χ0) is 29.1. The summed E-state index contributed by atoms with van der Waals surface area (Å²) in [5.74, 6) is 3.39. The van der Waals surface area contributed by atoms with Crippen LogP contribution in [-0.4, -0.2) is 43.4 Å². The van der Waals surface area contributed by atoms with Crippen molar-refractivity contribution < 1.29 is 23.7 Å². The lowest BCUT2D eigenvalue weighted by Crippen LogP contribution is -2.02. The van der Waals surface area contributed by atoms with Crippen LogP contribution in [0.2, 0.25) is 0 Å². The van der Waals surface area contributed by atoms with Gasteiger partial charge in [0.25, 0.3) is 0 Å². The first-order chi connectivity index (χ1) is 20.6. The number of rotatable bonds is 10. The molecule has 0 aliphatic carbocycles. The molecular formula is C34H31N3O5. The van der Waals surface area contributed by atoms with Gasteiger partial charge in [-0.3, -0.25) is 0 Å². The molecule has 0 aliphatic heterocycles. The third-order valence-electron chi connectivity index (χ3n) is 7.31. The van der Waals surface area contributed by atoms with E-state index in [1.807, 2.05) is 65.5 Å². The number of methoxy groups -OCH3 is 4. The molecule has 0 unspecified atom stereocenters. The quantitative estimate of drug-likeness (QED) is 0.168. The van der Waals surface area contributed by atoms with Gasteiger partial charge < -0.3 is 23.7 Å². The Bertz CT molecular complexity index is 1850. The normalized spacial score (nSPS) is 11.0. The minimum Gasteiger partial charge on any atom is -0.493 e. The molecule has 0 N–H and O–H groups in total. The molecule has 0 saturated carbocycles. The zero-order valence-corrected chi connectivity index (χ0v) is 24.0. The number of hydrogen-bond donors (Lipinski definition) is 0. The standard InChI is InChI=1S/C34H31N3O5/c1-38-31-15-24-14-25(29-17-33(40-3)34(41-4)18-30(29)28(24)16-32(31)39-2)19-37-20-26(35-36-37)21-42-27-12-10-23(11-13-27)22-8-6-5-7-9-22/h5-18,20H,19,21H2,1-4H3. The predicted molar refractivity (Wildman–Crippen MR) is 163 cm³/mol. The van der Waals surface area contributed by atoms with E-state index in [0.29, 0.717) is 36.1 Å². The molecule has 0 amide bonds. The van der Waals surface area contributed by atoms with Crippen LogP contribution in [0.4, 0.5) is 0 Å². The van der Waals surface area contributed by atoms with Gasteiger partial charge in [0, 0.05) is 0 Å². The molecule has 0 spiro atoms. The zero-order valence-electron chi connectivity index (χ0n) is 24.0. The smallest absolute Gasteiger partial charge is 0.161 e. The minimum absolute atomic E-state index is 0.311. The highest BCUT2D eigenvalue weighted by atomic mass is 16.5. The van der Waals surface area contributed by atoms with Crippen molar-refractivity contribution in [3.05, 3.63) is 102 Å². The van der Waals surface area contributed by atoms with Gasteiger partial charge in [-0.25, -0.2) is 4.68 Å². The molecule has 0 fully saturated rings. The molecule has 8 heteroatoms. The van der Waals surface area contributed by atoms with Crippen LogP contribution < -0.4 is 23.7 Å². The highest BCUT2D eigenvalue weighted by Gasteiger charge is 2.16. The molecule has 212 valence electrons. The second-order valence-corrected chi connectivity index (χ2v) is 9.80. The summed E-state index contributed by atoms with van der Waals surface area (Å²) in [5, 5.41) is 12.8. The van der Waals surface area contributed by atoms with Crippen molar-refractivity contribution in [2.75, 3.05) is 28.4 Å². The molecule has 1 aromatic heterocycles. The summed E-state index contributed by atoms with van der Waals surface area (Å²) >= 11 is 0. The monoisotopic (exact) mass is 561 g/mol. The van der Waals surface area contributed by atoms with Gasteiger partial charge in [0.2, 0.25) is 0 Å². The first-order valence-electron chi connectivity index (χ1n) is 13.5. The fourth-order valence-electron chi connectivity index (χ4n) is 5.20. The Morgan fingerprint density at radius 2 is 1.21 bits per heavy atom. The van der Waals surface area contributed by atoms with Crippen molar-refractivity contribution >= 4 is 21.5 Å². The van der Waals surface area contributed by atoms with Crippen LogP contribution in [0, 0.1) is 0 Å². The summed E-state index contributed by atoms with van der Waals surface area (Å²) < 4.78 is 30.2. The summed E-state index contributed by atoms with van der Waals surface area (Å²) in [4.78, 5) is 0. The Kier molecular flexibility index (Phi) is 7.51. The molecule has 0 bridgehead atoms. The first kappa shape index (κ1) is 27.0. The fourth-order valence-corrected chi connectivity index (χ4v) is 5.20. The van der Waals surface area contributed by atoms with Gasteiger partial charge in [-0.15, -0.1) is 5.10 Å². The average molecular weight is 562 g/mol. The SMILES string of the molecule is COc1cc2cc(Cn3cc(COc4ccc(-c5ccccc5)cc4)nn3)c3cc(OC)c(OC)cc3c2cc1OC. The van der Waals surface area contributed by atoms with Crippen molar-refractivity contribution in [2.24, 2.45) is 0 Å². The number of nitrogens with zero attached hydrogens (tertiary/aromatic N) is 3. The van der Waals surface area contributed by atoms with E-state index < -0.39 is 0 Å². The largest absolute Gasteiger partial charge is 0.493 e. The predicted octanol–water partition coefficient (Wildman–Crippen LogP) is 6.91. The van der Waals surface area contributed by atoms with Crippen molar-refractivity contribution in [1.82, 2.24) is 15.0 Å². The second kappa shape index (κ2) is 11.7.